The molecule has 0 radical (unpaired) electrons. The number of furan rings is 1. The van der Waals surface area contributed by atoms with Crippen LogP contribution in [-0.2, 0) is 10.0 Å². The van der Waals surface area contributed by atoms with Crippen molar-refractivity contribution in [3.8, 4) is 0 Å². The fourth-order valence-electron chi connectivity index (χ4n) is 4.27. The van der Waals surface area contributed by atoms with Gasteiger partial charge in [-0.2, -0.15) is 0 Å². The van der Waals surface area contributed by atoms with E-state index in [1.54, 1.807) is 43.3 Å². The number of nitrogens with one attached hydrogen (secondary N) is 1. The van der Waals surface area contributed by atoms with E-state index in [9.17, 15) is 13.2 Å². The minimum Gasteiger partial charge on any atom is -0.469 e. The summed E-state index contributed by atoms with van der Waals surface area (Å²) in [5.41, 5.74) is 0.574. The van der Waals surface area contributed by atoms with E-state index in [-0.39, 0.29) is 17.4 Å². The smallest absolute Gasteiger partial charge is 0.257 e. The van der Waals surface area contributed by atoms with Crippen molar-refractivity contribution < 1.29 is 17.6 Å². The molecular formula is C20H24N2O4S. The lowest BCUT2D eigenvalue weighted by Gasteiger charge is -2.53. The third-order valence-corrected chi connectivity index (χ3v) is 7.64. The van der Waals surface area contributed by atoms with Crippen LogP contribution in [0.25, 0.3) is 0 Å². The Morgan fingerprint density at radius 1 is 1.15 bits per heavy atom. The Bertz CT molecular complexity index is 928. The number of carbonyl (C=O) groups excluding carboxylic acids is 1. The standard InChI is InChI=1S/C20H24N2O4S/c1-15-17(8-14-26-15)19(23)22-12-10-20(11-13-22)9-7-18(20)21-27(24,25)16-5-3-2-4-6-16/h2-6,8,14,18,21H,7,9-13H2,1H3/t18-/m0/s1. The van der Waals surface area contributed by atoms with Gasteiger partial charge in [0.1, 0.15) is 5.76 Å². The fraction of sp³-hybridized carbons (Fsp3) is 0.450. The summed E-state index contributed by atoms with van der Waals surface area (Å²) in [5, 5.41) is 0. The van der Waals surface area contributed by atoms with Gasteiger partial charge < -0.3 is 9.32 Å². The number of sulfonamides is 1. The number of amides is 1. The van der Waals surface area contributed by atoms with E-state index >= 15 is 0 Å². The predicted octanol–water partition coefficient (Wildman–Crippen LogP) is 2.95. The molecule has 2 aromatic rings. The molecule has 1 saturated heterocycles. The summed E-state index contributed by atoms with van der Waals surface area (Å²) in [6.07, 6.45) is 5.02. The SMILES string of the molecule is Cc1occc1C(=O)N1CCC2(CC[C@@H]2NS(=O)(=O)c2ccccc2)CC1. The van der Waals surface area contributed by atoms with Crippen molar-refractivity contribution >= 4 is 15.9 Å². The molecule has 1 aliphatic heterocycles. The summed E-state index contributed by atoms with van der Waals surface area (Å²) in [4.78, 5) is 14.8. The number of nitrogens with zero attached hydrogens (tertiary/aromatic N) is 1. The predicted molar refractivity (Wildman–Crippen MR) is 101 cm³/mol. The van der Waals surface area contributed by atoms with Gasteiger partial charge in [-0.25, -0.2) is 13.1 Å². The average molecular weight is 388 g/mol. The van der Waals surface area contributed by atoms with Crippen LogP contribution in [0.3, 0.4) is 0 Å². The molecule has 0 bridgehead atoms. The topological polar surface area (TPSA) is 79.6 Å². The van der Waals surface area contributed by atoms with Gasteiger partial charge in [-0.3, -0.25) is 4.79 Å². The van der Waals surface area contributed by atoms with Crippen LogP contribution in [0.5, 0.6) is 0 Å². The summed E-state index contributed by atoms with van der Waals surface area (Å²) in [6.45, 7) is 3.08. The lowest BCUT2D eigenvalue weighted by Crippen LogP contribution is -2.59. The second kappa shape index (κ2) is 6.80. The lowest BCUT2D eigenvalue weighted by molar-refractivity contribution is 0.00504. The first kappa shape index (κ1) is 18.3. The Balaban J connectivity index is 1.41. The van der Waals surface area contributed by atoms with Crippen LogP contribution in [0, 0.1) is 12.3 Å². The Kier molecular flexibility index (Phi) is 4.60. The maximum absolute atomic E-state index is 12.6. The van der Waals surface area contributed by atoms with E-state index < -0.39 is 10.0 Å². The molecule has 7 heteroatoms. The quantitative estimate of drug-likeness (QED) is 0.873. The Labute approximate surface area is 159 Å². The van der Waals surface area contributed by atoms with Crippen molar-refractivity contribution in [2.45, 2.75) is 43.5 Å². The molecule has 1 amide bonds. The maximum Gasteiger partial charge on any atom is 0.257 e. The van der Waals surface area contributed by atoms with Gasteiger partial charge in [0.05, 0.1) is 16.7 Å². The van der Waals surface area contributed by atoms with E-state index in [1.165, 1.54) is 6.26 Å². The van der Waals surface area contributed by atoms with Crippen LogP contribution in [0.2, 0.25) is 0 Å². The van der Waals surface area contributed by atoms with Gasteiger partial charge in [0, 0.05) is 19.1 Å². The number of carbonyl (C=O) groups is 1. The van der Waals surface area contributed by atoms with Crippen molar-refractivity contribution in [1.82, 2.24) is 9.62 Å². The molecule has 2 fully saturated rings. The summed E-state index contributed by atoms with van der Waals surface area (Å²) >= 11 is 0. The summed E-state index contributed by atoms with van der Waals surface area (Å²) in [5.74, 6) is 0.634. The van der Waals surface area contributed by atoms with Crippen LogP contribution in [-0.4, -0.2) is 38.4 Å². The molecule has 144 valence electrons. The zero-order valence-corrected chi connectivity index (χ0v) is 16.2. The van der Waals surface area contributed by atoms with E-state index in [0.29, 0.717) is 29.3 Å². The number of aryl methyl sites for hydroxylation is 1. The molecule has 1 atom stereocenters. The van der Waals surface area contributed by atoms with E-state index in [1.807, 2.05) is 4.90 Å². The first-order valence-corrected chi connectivity index (χ1v) is 10.8. The number of hydrogen-bond donors (Lipinski definition) is 1. The number of likely N-dealkylation sites (tertiary alicyclic amines) is 1. The zero-order valence-electron chi connectivity index (χ0n) is 15.3. The number of rotatable bonds is 4. The molecule has 6 nitrogen and oxygen atoms in total. The van der Waals surface area contributed by atoms with Crippen molar-refractivity contribution in [1.29, 1.82) is 0 Å². The normalized spacial score (nSPS) is 21.8. The molecule has 27 heavy (non-hydrogen) atoms. The van der Waals surface area contributed by atoms with Gasteiger partial charge in [0.15, 0.2) is 0 Å². The van der Waals surface area contributed by atoms with Crippen LogP contribution >= 0.6 is 0 Å². The van der Waals surface area contributed by atoms with Gasteiger partial charge in [-0.15, -0.1) is 0 Å². The maximum atomic E-state index is 12.6. The van der Waals surface area contributed by atoms with E-state index in [2.05, 4.69) is 4.72 Å². The van der Waals surface area contributed by atoms with Crippen LogP contribution in [0.4, 0.5) is 0 Å². The molecule has 0 unspecified atom stereocenters. The highest BCUT2D eigenvalue weighted by molar-refractivity contribution is 7.89. The average Bonchev–Trinajstić information content (AvgIpc) is 3.11. The van der Waals surface area contributed by atoms with Crippen molar-refractivity contribution in [3.63, 3.8) is 0 Å². The number of piperidine rings is 1. The van der Waals surface area contributed by atoms with Gasteiger partial charge in [-0.1, -0.05) is 18.2 Å². The molecule has 1 saturated carbocycles. The highest BCUT2D eigenvalue weighted by atomic mass is 32.2. The number of hydrogen-bond acceptors (Lipinski definition) is 4. The first-order chi connectivity index (χ1) is 12.9. The Hall–Kier alpha value is -2.12. The molecule has 2 heterocycles. The summed E-state index contributed by atoms with van der Waals surface area (Å²) in [6, 6.07) is 10.1. The second-order valence-corrected chi connectivity index (χ2v) is 9.28. The minimum atomic E-state index is -3.51. The Morgan fingerprint density at radius 2 is 1.85 bits per heavy atom. The summed E-state index contributed by atoms with van der Waals surface area (Å²) < 4.78 is 33.4. The van der Waals surface area contributed by atoms with Gasteiger partial charge in [-0.05, 0) is 56.2 Å². The van der Waals surface area contributed by atoms with E-state index in [4.69, 9.17) is 4.42 Å². The van der Waals surface area contributed by atoms with Gasteiger partial charge >= 0.3 is 0 Å². The van der Waals surface area contributed by atoms with Crippen LogP contribution in [0.1, 0.15) is 41.8 Å². The molecule has 1 spiro atoms. The molecular weight excluding hydrogens is 364 g/mol. The molecule has 1 aromatic heterocycles. The fourth-order valence-corrected chi connectivity index (χ4v) is 5.66. The minimum absolute atomic E-state index is 0.00293. The third kappa shape index (κ3) is 3.30. The number of benzene rings is 1. The monoisotopic (exact) mass is 388 g/mol. The lowest BCUT2D eigenvalue weighted by atomic mass is 9.59. The summed E-state index contributed by atoms with van der Waals surface area (Å²) in [7, 11) is -3.51. The van der Waals surface area contributed by atoms with Gasteiger partial charge in [0.2, 0.25) is 10.0 Å². The molecule has 1 aliphatic carbocycles. The van der Waals surface area contributed by atoms with Crippen LogP contribution in [0.15, 0.2) is 52.0 Å². The van der Waals surface area contributed by atoms with Crippen molar-refractivity contribution in [3.05, 3.63) is 54.0 Å². The van der Waals surface area contributed by atoms with Crippen molar-refractivity contribution in [2.75, 3.05) is 13.1 Å². The highest BCUT2D eigenvalue weighted by Gasteiger charge is 2.50. The van der Waals surface area contributed by atoms with Crippen LogP contribution < -0.4 is 4.72 Å². The molecule has 4 rings (SSSR count). The third-order valence-electron chi connectivity index (χ3n) is 6.16. The molecule has 1 N–H and O–H groups in total. The molecule has 1 aromatic carbocycles. The Morgan fingerprint density at radius 3 is 2.41 bits per heavy atom. The largest absolute Gasteiger partial charge is 0.469 e. The highest BCUT2D eigenvalue weighted by Crippen LogP contribution is 2.49. The van der Waals surface area contributed by atoms with Crippen molar-refractivity contribution in [2.24, 2.45) is 5.41 Å². The second-order valence-electron chi connectivity index (χ2n) is 7.57. The molecule has 2 aliphatic rings. The first-order valence-electron chi connectivity index (χ1n) is 9.32. The van der Waals surface area contributed by atoms with E-state index in [0.717, 1.165) is 25.7 Å². The zero-order chi connectivity index (χ0) is 19.1. The van der Waals surface area contributed by atoms with Gasteiger partial charge in [0.25, 0.3) is 5.91 Å².